The lowest BCUT2D eigenvalue weighted by molar-refractivity contribution is 0.627. The van der Waals surface area contributed by atoms with Crippen molar-refractivity contribution in [3.8, 4) is 5.95 Å². The van der Waals surface area contributed by atoms with Crippen LogP contribution in [0.1, 0.15) is 29.6 Å². The number of benzene rings is 1. The molecular weight excluding hydrogens is 279 g/mol. The molecule has 0 amide bonds. The molecule has 0 saturated carbocycles. The van der Waals surface area contributed by atoms with E-state index in [1.165, 1.54) is 12.1 Å². The number of nitrogens with zero attached hydrogens (tertiary/aromatic N) is 4. The molecule has 0 saturated heterocycles. The molecule has 0 bridgehead atoms. The van der Waals surface area contributed by atoms with E-state index in [-0.39, 0.29) is 5.82 Å². The number of rotatable bonds is 4. The van der Waals surface area contributed by atoms with Crippen LogP contribution < -0.4 is 0 Å². The summed E-state index contributed by atoms with van der Waals surface area (Å²) in [5.74, 6) is 0.337. The molecule has 0 radical (unpaired) electrons. The van der Waals surface area contributed by atoms with Crippen molar-refractivity contribution in [1.29, 1.82) is 0 Å². The standard InChI is InChI=1S/C17H17FN4/c1-3-15-8-9-22(21-15)17-19-12(2)10-16(20-17)11-13-4-6-14(18)7-5-13/h4-10H,3,11H2,1-2H3. The first-order valence-electron chi connectivity index (χ1n) is 7.28. The van der Waals surface area contributed by atoms with E-state index in [0.29, 0.717) is 12.4 Å². The van der Waals surface area contributed by atoms with Crippen LogP contribution in [0, 0.1) is 12.7 Å². The summed E-state index contributed by atoms with van der Waals surface area (Å²) in [6.45, 7) is 3.99. The van der Waals surface area contributed by atoms with Crippen LogP contribution in [-0.2, 0) is 12.8 Å². The minimum atomic E-state index is -0.230. The molecule has 4 nitrogen and oxygen atoms in total. The second kappa shape index (κ2) is 6.05. The SMILES string of the molecule is CCc1ccn(-c2nc(C)cc(Cc3ccc(F)cc3)n2)n1. The highest BCUT2D eigenvalue weighted by molar-refractivity contribution is 5.26. The maximum atomic E-state index is 13.0. The molecule has 3 rings (SSSR count). The van der Waals surface area contributed by atoms with E-state index < -0.39 is 0 Å². The highest BCUT2D eigenvalue weighted by atomic mass is 19.1. The van der Waals surface area contributed by atoms with Gasteiger partial charge in [0.25, 0.3) is 5.95 Å². The zero-order valence-corrected chi connectivity index (χ0v) is 12.6. The van der Waals surface area contributed by atoms with Crippen LogP contribution in [0.2, 0.25) is 0 Å². The highest BCUT2D eigenvalue weighted by Crippen LogP contribution is 2.12. The lowest BCUT2D eigenvalue weighted by Gasteiger charge is -2.06. The topological polar surface area (TPSA) is 43.6 Å². The van der Waals surface area contributed by atoms with Crippen molar-refractivity contribution >= 4 is 0 Å². The van der Waals surface area contributed by atoms with Crippen molar-refractivity contribution in [2.24, 2.45) is 0 Å². The minimum Gasteiger partial charge on any atom is -0.216 e. The monoisotopic (exact) mass is 296 g/mol. The van der Waals surface area contributed by atoms with Gasteiger partial charge >= 0.3 is 0 Å². The van der Waals surface area contributed by atoms with Gasteiger partial charge in [-0.25, -0.2) is 19.0 Å². The van der Waals surface area contributed by atoms with Crippen molar-refractivity contribution in [2.45, 2.75) is 26.7 Å². The van der Waals surface area contributed by atoms with Gasteiger partial charge in [0.1, 0.15) is 5.82 Å². The second-order valence-corrected chi connectivity index (χ2v) is 5.21. The van der Waals surface area contributed by atoms with E-state index in [9.17, 15) is 4.39 Å². The summed E-state index contributed by atoms with van der Waals surface area (Å²) in [6, 6.07) is 10.4. The molecule has 112 valence electrons. The summed E-state index contributed by atoms with van der Waals surface area (Å²) in [4.78, 5) is 9.00. The maximum absolute atomic E-state index is 13.0. The van der Waals surface area contributed by atoms with Gasteiger partial charge in [0.15, 0.2) is 0 Å². The molecule has 0 N–H and O–H groups in total. The predicted molar refractivity (Wildman–Crippen MR) is 82.5 cm³/mol. The Morgan fingerprint density at radius 1 is 1.05 bits per heavy atom. The lowest BCUT2D eigenvalue weighted by atomic mass is 10.1. The minimum absolute atomic E-state index is 0.230. The summed E-state index contributed by atoms with van der Waals surface area (Å²) >= 11 is 0. The van der Waals surface area contributed by atoms with Gasteiger partial charge in [0.2, 0.25) is 0 Å². The van der Waals surface area contributed by atoms with Gasteiger partial charge in [0, 0.05) is 18.3 Å². The van der Waals surface area contributed by atoms with Gasteiger partial charge in [-0.15, -0.1) is 0 Å². The molecule has 0 fully saturated rings. The molecule has 1 aromatic carbocycles. The second-order valence-electron chi connectivity index (χ2n) is 5.21. The van der Waals surface area contributed by atoms with E-state index in [1.54, 1.807) is 16.8 Å². The summed E-state index contributed by atoms with van der Waals surface area (Å²) < 4.78 is 14.7. The van der Waals surface area contributed by atoms with Crippen LogP contribution >= 0.6 is 0 Å². The fraction of sp³-hybridized carbons (Fsp3) is 0.235. The first-order chi connectivity index (χ1) is 10.6. The van der Waals surface area contributed by atoms with Crippen LogP contribution in [0.4, 0.5) is 4.39 Å². The molecule has 2 heterocycles. The Kier molecular flexibility index (Phi) is 3.96. The Balaban J connectivity index is 1.90. The van der Waals surface area contributed by atoms with E-state index >= 15 is 0 Å². The fourth-order valence-corrected chi connectivity index (χ4v) is 2.28. The number of aromatic nitrogens is 4. The number of halogens is 1. The van der Waals surface area contributed by atoms with Gasteiger partial charge in [-0.3, -0.25) is 0 Å². The summed E-state index contributed by atoms with van der Waals surface area (Å²) in [5.41, 5.74) is 3.80. The third kappa shape index (κ3) is 3.19. The zero-order chi connectivity index (χ0) is 15.5. The molecule has 0 aliphatic carbocycles. The van der Waals surface area contributed by atoms with Crippen LogP contribution in [0.3, 0.4) is 0 Å². The number of aryl methyl sites for hydroxylation is 2. The third-order valence-electron chi connectivity index (χ3n) is 3.41. The van der Waals surface area contributed by atoms with E-state index in [4.69, 9.17) is 0 Å². The van der Waals surface area contributed by atoms with Crippen molar-refractivity contribution in [2.75, 3.05) is 0 Å². The molecule has 0 aliphatic heterocycles. The smallest absolute Gasteiger partial charge is 0.216 e. The van der Waals surface area contributed by atoms with E-state index in [0.717, 1.165) is 29.1 Å². The Labute approximate surface area is 128 Å². The average Bonchev–Trinajstić information content (AvgIpc) is 2.98. The molecular formula is C17H17FN4. The summed E-state index contributed by atoms with van der Waals surface area (Å²) in [6.07, 6.45) is 3.38. The Bertz CT molecular complexity index is 778. The molecule has 0 spiro atoms. The third-order valence-corrected chi connectivity index (χ3v) is 3.41. The molecule has 5 heteroatoms. The van der Waals surface area contributed by atoms with Crippen molar-refractivity contribution in [3.05, 3.63) is 71.1 Å². The van der Waals surface area contributed by atoms with Crippen molar-refractivity contribution in [1.82, 2.24) is 19.7 Å². The molecule has 0 aliphatic rings. The Morgan fingerprint density at radius 2 is 1.82 bits per heavy atom. The first-order valence-corrected chi connectivity index (χ1v) is 7.28. The summed E-state index contributed by atoms with van der Waals surface area (Å²) in [5, 5.41) is 4.44. The maximum Gasteiger partial charge on any atom is 0.250 e. The van der Waals surface area contributed by atoms with Gasteiger partial charge < -0.3 is 0 Å². The fourth-order valence-electron chi connectivity index (χ4n) is 2.28. The zero-order valence-electron chi connectivity index (χ0n) is 12.6. The van der Waals surface area contributed by atoms with Crippen LogP contribution in [0.25, 0.3) is 5.95 Å². The molecule has 0 unspecified atom stereocenters. The lowest BCUT2D eigenvalue weighted by Crippen LogP contribution is -2.06. The van der Waals surface area contributed by atoms with Gasteiger partial charge in [0.05, 0.1) is 11.4 Å². The van der Waals surface area contributed by atoms with Gasteiger partial charge in [-0.2, -0.15) is 5.10 Å². The van der Waals surface area contributed by atoms with Gasteiger partial charge in [-0.1, -0.05) is 19.1 Å². The average molecular weight is 296 g/mol. The Morgan fingerprint density at radius 3 is 2.50 bits per heavy atom. The van der Waals surface area contributed by atoms with E-state index in [2.05, 4.69) is 22.0 Å². The molecule has 22 heavy (non-hydrogen) atoms. The first kappa shape index (κ1) is 14.4. The van der Waals surface area contributed by atoms with Crippen molar-refractivity contribution < 1.29 is 4.39 Å². The van der Waals surface area contributed by atoms with Crippen LogP contribution in [0.5, 0.6) is 0 Å². The normalized spacial score (nSPS) is 10.9. The quantitative estimate of drug-likeness (QED) is 0.742. The van der Waals surface area contributed by atoms with E-state index in [1.807, 2.05) is 25.3 Å². The van der Waals surface area contributed by atoms with Crippen LogP contribution in [-0.4, -0.2) is 19.7 Å². The highest BCUT2D eigenvalue weighted by Gasteiger charge is 2.07. The largest absolute Gasteiger partial charge is 0.250 e. The molecule has 2 aromatic heterocycles. The van der Waals surface area contributed by atoms with Crippen molar-refractivity contribution in [3.63, 3.8) is 0 Å². The predicted octanol–water partition coefficient (Wildman–Crippen LogP) is 3.26. The van der Waals surface area contributed by atoms with Crippen LogP contribution in [0.15, 0.2) is 42.6 Å². The summed E-state index contributed by atoms with van der Waals surface area (Å²) in [7, 11) is 0. The molecule has 3 aromatic rings. The number of hydrogen-bond donors (Lipinski definition) is 0. The molecule has 0 atom stereocenters. The Hall–Kier alpha value is -2.56. The van der Waals surface area contributed by atoms with Gasteiger partial charge in [-0.05, 0) is 43.2 Å². The number of hydrogen-bond acceptors (Lipinski definition) is 3.